The van der Waals surface area contributed by atoms with Crippen LogP contribution < -0.4 is 0 Å². The van der Waals surface area contributed by atoms with Crippen molar-refractivity contribution in [1.29, 1.82) is 0 Å². The van der Waals surface area contributed by atoms with Gasteiger partial charge in [-0.25, -0.2) is 0 Å². The lowest BCUT2D eigenvalue weighted by Crippen LogP contribution is -2.46. The minimum absolute atomic E-state index is 0.619. The molecule has 1 aromatic rings. The second-order valence-electron chi connectivity index (χ2n) is 4.12. The first-order valence-electron chi connectivity index (χ1n) is 4.52. The quantitative estimate of drug-likeness (QED) is 0.839. The smallest absolute Gasteiger partial charge is 0.126 e. The zero-order valence-corrected chi connectivity index (χ0v) is 10.1. The largest absolute Gasteiger partial charge is 0.382 e. The Morgan fingerprint density at radius 2 is 2.00 bits per heavy atom. The van der Waals surface area contributed by atoms with Crippen molar-refractivity contribution in [1.82, 2.24) is 4.37 Å². The van der Waals surface area contributed by atoms with Gasteiger partial charge in [-0.15, -0.1) is 0 Å². The molecule has 0 aliphatic carbocycles. The van der Waals surface area contributed by atoms with Crippen molar-refractivity contribution in [3.8, 4) is 0 Å². The van der Waals surface area contributed by atoms with Gasteiger partial charge in [0.2, 0.25) is 0 Å². The van der Waals surface area contributed by atoms with E-state index in [2.05, 4.69) is 4.37 Å². The minimum atomic E-state index is -1.01. The zero-order chi connectivity index (χ0) is 11.0. The van der Waals surface area contributed by atoms with Crippen LogP contribution in [-0.4, -0.2) is 22.2 Å². The molecular formula is C10H17NO2S. The van der Waals surface area contributed by atoms with Gasteiger partial charge in [0.1, 0.15) is 5.60 Å². The van der Waals surface area contributed by atoms with Gasteiger partial charge in [-0.2, -0.15) is 4.37 Å². The summed E-state index contributed by atoms with van der Waals surface area (Å²) in [5.41, 5.74) is -0.697. The van der Waals surface area contributed by atoms with Gasteiger partial charge < -0.3 is 9.84 Å². The lowest BCUT2D eigenvalue weighted by atomic mass is 9.86. The maximum Gasteiger partial charge on any atom is 0.126 e. The highest BCUT2D eigenvalue weighted by Crippen LogP contribution is 2.36. The van der Waals surface area contributed by atoms with E-state index < -0.39 is 11.2 Å². The predicted octanol–water partition coefficient (Wildman–Crippen LogP) is 2.08. The van der Waals surface area contributed by atoms with E-state index in [1.165, 1.54) is 11.5 Å². The Morgan fingerprint density at radius 3 is 2.36 bits per heavy atom. The van der Waals surface area contributed by atoms with E-state index in [0.29, 0.717) is 0 Å². The summed E-state index contributed by atoms with van der Waals surface area (Å²) in [7, 11) is 1.60. The van der Waals surface area contributed by atoms with Crippen LogP contribution in [0.5, 0.6) is 0 Å². The second kappa shape index (κ2) is 3.61. The fourth-order valence-electron chi connectivity index (χ4n) is 1.09. The van der Waals surface area contributed by atoms with Crippen molar-refractivity contribution in [2.75, 3.05) is 7.11 Å². The number of nitrogens with zero attached hydrogens (tertiary/aromatic N) is 1. The van der Waals surface area contributed by atoms with Crippen LogP contribution in [0.3, 0.4) is 0 Å². The molecule has 0 spiro atoms. The van der Waals surface area contributed by atoms with Crippen molar-refractivity contribution in [3.63, 3.8) is 0 Å². The van der Waals surface area contributed by atoms with Gasteiger partial charge in [0.05, 0.1) is 16.2 Å². The highest BCUT2D eigenvalue weighted by atomic mass is 32.1. The summed E-state index contributed by atoms with van der Waals surface area (Å²) in [4.78, 5) is 0.835. The first-order valence-corrected chi connectivity index (χ1v) is 5.30. The predicted molar refractivity (Wildman–Crippen MR) is 57.5 cm³/mol. The molecule has 80 valence electrons. The fourth-order valence-corrected chi connectivity index (χ4v) is 2.03. The van der Waals surface area contributed by atoms with Crippen LogP contribution in [0, 0.1) is 6.92 Å². The number of aryl methyl sites for hydroxylation is 1. The first kappa shape index (κ1) is 11.6. The van der Waals surface area contributed by atoms with Crippen LogP contribution in [0.1, 0.15) is 31.3 Å². The summed E-state index contributed by atoms with van der Waals surface area (Å²) < 4.78 is 9.45. The van der Waals surface area contributed by atoms with Gasteiger partial charge in [-0.1, -0.05) is 0 Å². The normalized spacial score (nSPS) is 16.7. The van der Waals surface area contributed by atoms with E-state index in [0.717, 1.165) is 10.6 Å². The van der Waals surface area contributed by atoms with Gasteiger partial charge in [-0.3, -0.25) is 0 Å². The van der Waals surface area contributed by atoms with E-state index in [9.17, 15) is 5.11 Å². The zero-order valence-electron chi connectivity index (χ0n) is 9.29. The summed E-state index contributed by atoms with van der Waals surface area (Å²) in [5, 5.41) is 10.4. The molecule has 3 nitrogen and oxygen atoms in total. The monoisotopic (exact) mass is 215 g/mol. The van der Waals surface area contributed by atoms with Crippen LogP contribution in [0.25, 0.3) is 0 Å². The lowest BCUT2D eigenvalue weighted by Gasteiger charge is -2.37. The van der Waals surface area contributed by atoms with Gasteiger partial charge in [-0.05, 0) is 45.3 Å². The van der Waals surface area contributed by atoms with Gasteiger partial charge in [0, 0.05) is 7.11 Å². The Labute approximate surface area is 88.9 Å². The van der Waals surface area contributed by atoms with E-state index in [-0.39, 0.29) is 0 Å². The number of aliphatic hydroxyl groups is 1. The third kappa shape index (κ3) is 1.82. The molecule has 0 fully saturated rings. The van der Waals surface area contributed by atoms with E-state index in [1.807, 2.05) is 26.8 Å². The highest BCUT2D eigenvalue weighted by molar-refractivity contribution is 7.06. The molecule has 1 unspecified atom stereocenters. The summed E-state index contributed by atoms with van der Waals surface area (Å²) in [6, 6.07) is 1.89. The summed E-state index contributed by atoms with van der Waals surface area (Å²) in [6.07, 6.45) is 0. The molecular weight excluding hydrogens is 198 g/mol. The molecule has 0 aromatic carbocycles. The number of ether oxygens (including phenoxy) is 1. The van der Waals surface area contributed by atoms with E-state index in [4.69, 9.17) is 4.74 Å². The van der Waals surface area contributed by atoms with Crippen LogP contribution in [0.15, 0.2) is 6.07 Å². The standard InChI is InChI=1S/C10H17NO2S/c1-7-6-8(14-11-7)10(4,12)9(2,3)13-5/h6,12H,1-5H3. The SMILES string of the molecule is COC(C)(C)C(C)(O)c1cc(C)ns1. The number of rotatable bonds is 3. The van der Waals surface area contributed by atoms with E-state index in [1.54, 1.807) is 14.0 Å². The van der Waals surface area contributed by atoms with Crippen LogP contribution in [0.2, 0.25) is 0 Å². The second-order valence-corrected chi connectivity index (χ2v) is 4.92. The third-order valence-electron chi connectivity index (χ3n) is 2.79. The Kier molecular flexibility index (Phi) is 2.99. The molecule has 1 heterocycles. The minimum Gasteiger partial charge on any atom is -0.382 e. The van der Waals surface area contributed by atoms with Crippen LogP contribution >= 0.6 is 11.5 Å². The fraction of sp³-hybridized carbons (Fsp3) is 0.700. The Morgan fingerprint density at radius 1 is 1.43 bits per heavy atom. The summed E-state index contributed by atoms with van der Waals surface area (Å²) in [5.74, 6) is 0. The topological polar surface area (TPSA) is 42.4 Å². The summed E-state index contributed by atoms with van der Waals surface area (Å²) in [6.45, 7) is 7.39. The van der Waals surface area contributed by atoms with Crippen molar-refractivity contribution in [2.45, 2.75) is 38.9 Å². The molecule has 0 aliphatic heterocycles. The lowest BCUT2D eigenvalue weighted by molar-refractivity contribution is -0.143. The Balaban J connectivity index is 3.07. The maximum absolute atomic E-state index is 10.4. The molecule has 0 bridgehead atoms. The molecule has 14 heavy (non-hydrogen) atoms. The number of hydrogen-bond acceptors (Lipinski definition) is 4. The molecule has 0 saturated heterocycles. The molecule has 1 atom stereocenters. The number of hydrogen-bond donors (Lipinski definition) is 1. The molecule has 0 aliphatic rings. The average molecular weight is 215 g/mol. The van der Waals surface area contributed by atoms with Crippen molar-refractivity contribution >= 4 is 11.5 Å². The van der Waals surface area contributed by atoms with Crippen molar-refractivity contribution in [3.05, 3.63) is 16.6 Å². The van der Waals surface area contributed by atoms with Gasteiger partial charge in [0.25, 0.3) is 0 Å². The molecule has 1 aromatic heterocycles. The third-order valence-corrected chi connectivity index (χ3v) is 3.88. The van der Waals surface area contributed by atoms with Crippen LogP contribution in [-0.2, 0) is 10.3 Å². The summed E-state index contributed by atoms with van der Waals surface area (Å²) >= 11 is 1.32. The first-order chi connectivity index (χ1) is 6.31. The molecule has 0 saturated carbocycles. The van der Waals surface area contributed by atoms with Crippen molar-refractivity contribution in [2.24, 2.45) is 0 Å². The van der Waals surface area contributed by atoms with Gasteiger partial charge in [0.15, 0.2) is 0 Å². The molecule has 4 heteroatoms. The van der Waals surface area contributed by atoms with Crippen LogP contribution in [0.4, 0.5) is 0 Å². The molecule has 0 amide bonds. The van der Waals surface area contributed by atoms with E-state index >= 15 is 0 Å². The Bertz CT molecular complexity index is 318. The molecule has 1 rings (SSSR count). The molecule has 1 N–H and O–H groups in total. The van der Waals surface area contributed by atoms with Gasteiger partial charge >= 0.3 is 0 Å². The maximum atomic E-state index is 10.4. The average Bonchev–Trinajstić information content (AvgIpc) is 2.52. The highest BCUT2D eigenvalue weighted by Gasteiger charge is 2.42. The number of aromatic nitrogens is 1. The Hall–Kier alpha value is -0.450. The molecule has 0 radical (unpaired) electrons. The van der Waals surface area contributed by atoms with Crippen molar-refractivity contribution < 1.29 is 9.84 Å². The number of methoxy groups -OCH3 is 1.